The number of thiophene rings is 1. The van der Waals surface area contributed by atoms with Crippen LogP contribution in [-0.4, -0.2) is 17.5 Å². The lowest BCUT2D eigenvalue weighted by atomic mass is 10.1. The van der Waals surface area contributed by atoms with Crippen LogP contribution in [0, 0.1) is 0 Å². The summed E-state index contributed by atoms with van der Waals surface area (Å²) < 4.78 is 5.50. The summed E-state index contributed by atoms with van der Waals surface area (Å²) in [6.45, 7) is 2.78. The van der Waals surface area contributed by atoms with Crippen molar-refractivity contribution >= 4 is 28.1 Å². The van der Waals surface area contributed by atoms with E-state index in [0.29, 0.717) is 29.8 Å². The number of hydrogen-bond donors (Lipinski definition) is 2. The number of carbonyl (C=O) groups excluding carboxylic acids is 1. The van der Waals surface area contributed by atoms with Crippen molar-refractivity contribution in [3.63, 3.8) is 0 Å². The van der Waals surface area contributed by atoms with E-state index in [1.165, 1.54) is 6.20 Å². The number of hydrogen-bond acceptors (Lipinski definition) is 4. The lowest BCUT2D eigenvalue weighted by molar-refractivity contribution is 0.0949. The van der Waals surface area contributed by atoms with Crippen LogP contribution < -0.4 is 15.5 Å². The number of para-hydroxylation sites is 1. The SMILES string of the molecule is CCOc1cccc2c(=O)c(C(=O)NCc3ccsc3)c[nH]c12. The van der Waals surface area contributed by atoms with Gasteiger partial charge in [-0.1, -0.05) is 6.07 Å². The molecule has 5 nitrogen and oxygen atoms in total. The number of rotatable bonds is 5. The fourth-order valence-electron chi connectivity index (χ4n) is 2.34. The second kappa shape index (κ2) is 6.66. The molecule has 23 heavy (non-hydrogen) atoms. The molecule has 0 spiro atoms. The molecule has 2 heterocycles. The highest BCUT2D eigenvalue weighted by Crippen LogP contribution is 2.21. The molecule has 1 aromatic carbocycles. The molecular formula is C17H16N2O3S. The minimum atomic E-state index is -0.388. The number of benzene rings is 1. The molecule has 0 saturated heterocycles. The number of ether oxygens (including phenoxy) is 1. The van der Waals surface area contributed by atoms with Crippen LogP contribution in [0.2, 0.25) is 0 Å². The summed E-state index contributed by atoms with van der Waals surface area (Å²) in [4.78, 5) is 27.8. The lowest BCUT2D eigenvalue weighted by Gasteiger charge is -2.08. The van der Waals surface area contributed by atoms with Gasteiger partial charge in [0.05, 0.1) is 17.5 Å². The number of H-pyrrole nitrogens is 1. The second-order valence-corrected chi connectivity index (χ2v) is 5.74. The second-order valence-electron chi connectivity index (χ2n) is 4.96. The molecule has 0 atom stereocenters. The molecule has 2 aromatic heterocycles. The van der Waals surface area contributed by atoms with Gasteiger partial charge in [-0.15, -0.1) is 0 Å². The Labute approximate surface area is 136 Å². The predicted octanol–water partition coefficient (Wildman–Crippen LogP) is 2.92. The van der Waals surface area contributed by atoms with Crippen molar-refractivity contribution in [1.29, 1.82) is 0 Å². The first-order chi connectivity index (χ1) is 11.2. The Morgan fingerprint density at radius 2 is 2.22 bits per heavy atom. The van der Waals surface area contributed by atoms with E-state index in [2.05, 4.69) is 10.3 Å². The number of carbonyl (C=O) groups is 1. The Morgan fingerprint density at radius 3 is 2.96 bits per heavy atom. The number of aromatic amines is 1. The Morgan fingerprint density at radius 1 is 1.35 bits per heavy atom. The van der Waals surface area contributed by atoms with Gasteiger partial charge in [0.2, 0.25) is 5.43 Å². The largest absolute Gasteiger partial charge is 0.492 e. The number of nitrogens with one attached hydrogen (secondary N) is 2. The average molecular weight is 328 g/mol. The number of fused-ring (bicyclic) bond motifs is 1. The van der Waals surface area contributed by atoms with Gasteiger partial charge in [-0.2, -0.15) is 11.3 Å². The van der Waals surface area contributed by atoms with Crippen LogP contribution in [0.25, 0.3) is 10.9 Å². The van der Waals surface area contributed by atoms with Crippen LogP contribution in [0.15, 0.2) is 46.0 Å². The Balaban J connectivity index is 1.91. The van der Waals surface area contributed by atoms with E-state index in [-0.39, 0.29) is 16.9 Å². The van der Waals surface area contributed by atoms with Crippen LogP contribution >= 0.6 is 11.3 Å². The minimum absolute atomic E-state index is 0.0985. The monoisotopic (exact) mass is 328 g/mol. The molecular weight excluding hydrogens is 312 g/mol. The number of aromatic nitrogens is 1. The topological polar surface area (TPSA) is 71.2 Å². The molecule has 3 aromatic rings. The molecule has 118 valence electrons. The van der Waals surface area contributed by atoms with Gasteiger partial charge in [-0.3, -0.25) is 9.59 Å². The fourth-order valence-corrected chi connectivity index (χ4v) is 3.01. The van der Waals surface area contributed by atoms with Crippen molar-refractivity contribution in [3.8, 4) is 5.75 Å². The van der Waals surface area contributed by atoms with Gasteiger partial charge in [0.25, 0.3) is 5.91 Å². The zero-order chi connectivity index (χ0) is 16.2. The summed E-state index contributed by atoms with van der Waals surface area (Å²) in [7, 11) is 0. The summed E-state index contributed by atoms with van der Waals surface area (Å²) >= 11 is 1.57. The average Bonchev–Trinajstić information content (AvgIpc) is 3.07. The van der Waals surface area contributed by atoms with Crippen molar-refractivity contribution in [2.24, 2.45) is 0 Å². The highest BCUT2D eigenvalue weighted by Gasteiger charge is 2.14. The van der Waals surface area contributed by atoms with Crippen molar-refractivity contribution in [1.82, 2.24) is 10.3 Å². The van der Waals surface area contributed by atoms with Gasteiger partial charge >= 0.3 is 0 Å². The molecule has 0 unspecified atom stereocenters. The normalized spacial score (nSPS) is 10.7. The molecule has 6 heteroatoms. The maximum absolute atomic E-state index is 12.6. The van der Waals surface area contributed by atoms with Crippen molar-refractivity contribution in [3.05, 3.63) is 62.6 Å². The third-order valence-electron chi connectivity index (χ3n) is 3.45. The van der Waals surface area contributed by atoms with E-state index >= 15 is 0 Å². The zero-order valence-corrected chi connectivity index (χ0v) is 13.4. The van der Waals surface area contributed by atoms with Crippen LogP contribution in [-0.2, 0) is 6.54 Å². The smallest absolute Gasteiger partial charge is 0.257 e. The van der Waals surface area contributed by atoms with Gasteiger partial charge in [0.15, 0.2) is 0 Å². The van der Waals surface area contributed by atoms with Crippen molar-refractivity contribution in [2.75, 3.05) is 6.61 Å². The molecule has 0 aliphatic heterocycles. The Hall–Kier alpha value is -2.60. The zero-order valence-electron chi connectivity index (χ0n) is 12.6. The van der Waals surface area contributed by atoms with E-state index in [1.54, 1.807) is 29.5 Å². The summed E-state index contributed by atoms with van der Waals surface area (Å²) in [5, 5.41) is 7.11. The summed E-state index contributed by atoms with van der Waals surface area (Å²) in [5.41, 5.74) is 1.41. The minimum Gasteiger partial charge on any atom is -0.492 e. The molecule has 0 radical (unpaired) electrons. The third kappa shape index (κ3) is 3.12. The van der Waals surface area contributed by atoms with Crippen LogP contribution in [0.4, 0.5) is 0 Å². The van der Waals surface area contributed by atoms with Gasteiger partial charge in [-0.25, -0.2) is 0 Å². The van der Waals surface area contributed by atoms with E-state index in [0.717, 1.165) is 5.56 Å². The molecule has 0 aliphatic rings. The van der Waals surface area contributed by atoms with Crippen LogP contribution in [0.3, 0.4) is 0 Å². The third-order valence-corrected chi connectivity index (χ3v) is 4.19. The van der Waals surface area contributed by atoms with E-state index in [1.807, 2.05) is 23.8 Å². The standard InChI is InChI=1S/C17H16N2O3S/c1-2-22-14-5-3-4-12-15(14)18-9-13(16(12)20)17(21)19-8-11-6-7-23-10-11/h3-7,9-10H,2,8H2,1H3,(H,18,20)(H,19,21). The lowest BCUT2D eigenvalue weighted by Crippen LogP contribution is -2.28. The molecule has 2 N–H and O–H groups in total. The highest BCUT2D eigenvalue weighted by atomic mass is 32.1. The maximum Gasteiger partial charge on any atom is 0.257 e. The van der Waals surface area contributed by atoms with E-state index in [9.17, 15) is 9.59 Å². The first-order valence-electron chi connectivity index (χ1n) is 7.27. The molecule has 0 fully saturated rings. The van der Waals surface area contributed by atoms with Gasteiger partial charge in [0.1, 0.15) is 11.3 Å². The van der Waals surface area contributed by atoms with E-state index < -0.39 is 0 Å². The maximum atomic E-state index is 12.6. The predicted molar refractivity (Wildman–Crippen MR) is 91.2 cm³/mol. The van der Waals surface area contributed by atoms with Gasteiger partial charge < -0.3 is 15.0 Å². The van der Waals surface area contributed by atoms with Gasteiger partial charge in [-0.05, 0) is 41.4 Å². The summed E-state index contributed by atoms with van der Waals surface area (Å²) in [5.74, 6) is 0.216. The summed E-state index contributed by atoms with van der Waals surface area (Å²) in [6.07, 6.45) is 1.44. The molecule has 0 saturated carbocycles. The first kappa shape index (κ1) is 15.3. The summed E-state index contributed by atoms with van der Waals surface area (Å²) in [6, 6.07) is 7.16. The molecule has 0 bridgehead atoms. The molecule has 0 aliphatic carbocycles. The van der Waals surface area contributed by atoms with Gasteiger partial charge in [0, 0.05) is 12.7 Å². The van der Waals surface area contributed by atoms with E-state index in [4.69, 9.17) is 4.74 Å². The quantitative estimate of drug-likeness (QED) is 0.756. The van der Waals surface area contributed by atoms with Crippen LogP contribution in [0.1, 0.15) is 22.8 Å². The van der Waals surface area contributed by atoms with Crippen LogP contribution in [0.5, 0.6) is 5.75 Å². The first-order valence-corrected chi connectivity index (χ1v) is 8.21. The Kier molecular flexibility index (Phi) is 4.43. The molecule has 1 amide bonds. The fraction of sp³-hybridized carbons (Fsp3) is 0.176. The van der Waals surface area contributed by atoms with Crippen molar-refractivity contribution in [2.45, 2.75) is 13.5 Å². The highest BCUT2D eigenvalue weighted by molar-refractivity contribution is 7.07. The number of pyridine rings is 1. The Bertz CT molecular complexity index is 884. The molecule has 3 rings (SSSR count). The number of amides is 1. The van der Waals surface area contributed by atoms with Crippen molar-refractivity contribution < 1.29 is 9.53 Å².